The number of benzene rings is 1. The first-order chi connectivity index (χ1) is 8.63. The summed E-state index contributed by atoms with van der Waals surface area (Å²) in [7, 11) is 0. The number of carboxylic acid groups (broad SMARTS) is 1. The van der Waals surface area contributed by atoms with Crippen LogP contribution in [-0.2, 0) is 4.79 Å². The lowest BCUT2D eigenvalue weighted by Crippen LogP contribution is -2.17. The molecule has 0 saturated heterocycles. The zero-order valence-corrected chi connectivity index (χ0v) is 10.3. The van der Waals surface area contributed by atoms with Crippen molar-refractivity contribution in [2.75, 3.05) is 6.61 Å². The summed E-state index contributed by atoms with van der Waals surface area (Å²) in [6.45, 7) is 2.49. The van der Waals surface area contributed by atoms with Crippen molar-refractivity contribution in [2.45, 2.75) is 32.2 Å². The van der Waals surface area contributed by atoms with Gasteiger partial charge in [-0.05, 0) is 43.9 Å². The van der Waals surface area contributed by atoms with Crippen LogP contribution in [0.1, 0.15) is 24.8 Å². The van der Waals surface area contributed by atoms with Crippen molar-refractivity contribution < 1.29 is 14.6 Å². The van der Waals surface area contributed by atoms with Crippen molar-refractivity contribution in [3.63, 3.8) is 0 Å². The Balaban J connectivity index is 2.19. The maximum Gasteiger partial charge on any atom is 0.332 e. The molecule has 0 fully saturated rings. The minimum Gasteiger partial charge on any atom is -0.494 e. The number of carbonyl (C=O) groups is 1. The minimum atomic E-state index is -1.16. The number of aliphatic carboxylic acids is 1. The van der Waals surface area contributed by atoms with E-state index in [1.807, 2.05) is 31.2 Å². The molecule has 1 aromatic rings. The minimum absolute atomic E-state index is 0.260. The molecule has 0 aliphatic carbocycles. The molecule has 5 heteroatoms. The van der Waals surface area contributed by atoms with Crippen LogP contribution in [0.25, 0.3) is 0 Å². The van der Waals surface area contributed by atoms with E-state index in [4.69, 9.17) is 9.84 Å². The monoisotopic (exact) mass is 251 g/mol. The molecule has 0 saturated carbocycles. The van der Waals surface area contributed by atoms with Crippen molar-refractivity contribution in [1.29, 1.82) is 0 Å². The van der Waals surface area contributed by atoms with E-state index in [0.717, 1.165) is 11.3 Å². The first-order valence-electron chi connectivity index (χ1n) is 5.88. The number of nitroso groups, excluding NO2 is 1. The molecule has 0 bridgehead atoms. The molecule has 0 radical (unpaired) electrons. The van der Waals surface area contributed by atoms with Gasteiger partial charge < -0.3 is 9.84 Å². The van der Waals surface area contributed by atoms with E-state index in [1.54, 1.807) is 0 Å². The standard InChI is InChI=1S/C13H17NO4/c1-10-5-4-6-11(9-10)18-8-3-2-7-12(14-17)13(15)16/h4-6,9,12H,2-3,7-8H2,1H3,(H,15,16). The van der Waals surface area contributed by atoms with Crippen LogP contribution < -0.4 is 4.74 Å². The van der Waals surface area contributed by atoms with E-state index in [-0.39, 0.29) is 6.42 Å². The zero-order chi connectivity index (χ0) is 13.4. The molecular formula is C13H17NO4. The number of aryl methyl sites for hydroxylation is 1. The van der Waals surface area contributed by atoms with Gasteiger partial charge in [0.1, 0.15) is 5.75 Å². The largest absolute Gasteiger partial charge is 0.494 e. The van der Waals surface area contributed by atoms with Gasteiger partial charge in [0, 0.05) is 0 Å². The Morgan fingerprint density at radius 2 is 2.22 bits per heavy atom. The maximum absolute atomic E-state index is 10.5. The molecule has 0 amide bonds. The van der Waals surface area contributed by atoms with Gasteiger partial charge in [-0.2, -0.15) is 0 Å². The quantitative estimate of drug-likeness (QED) is 0.569. The third-order valence-corrected chi connectivity index (χ3v) is 2.54. The molecule has 0 heterocycles. The molecule has 1 rings (SSSR count). The predicted octanol–water partition coefficient (Wildman–Crippen LogP) is 2.76. The van der Waals surface area contributed by atoms with Crippen molar-refractivity contribution in [3.8, 4) is 5.75 Å². The van der Waals surface area contributed by atoms with Gasteiger partial charge in [-0.1, -0.05) is 17.3 Å². The van der Waals surface area contributed by atoms with Crippen molar-refractivity contribution in [2.24, 2.45) is 5.18 Å². The van der Waals surface area contributed by atoms with E-state index >= 15 is 0 Å². The van der Waals surface area contributed by atoms with E-state index in [9.17, 15) is 9.70 Å². The maximum atomic E-state index is 10.5. The smallest absolute Gasteiger partial charge is 0.332 e. The van der Waals surface area contributed by atoms with Crippen molar-refractivity contribution in [1.82, 2.24) is 0 Å². The Morgan fingerprint density at radius 3 is 2.83 bits per heavy atom. The molecule has 1 unspecified atom stereocenters. The average Bonchev–Trinajstić information content (AvgIpc) is 2.33. The van der Waals surface area contributed by atoms with E-state index < -0.39 is 12.0 Å². The fourth-order valence-corrected chi connectivity index (χ4v) is 1.56. The van der Waals surface area contributed by atoms with Gasteiger partial charge in [0.15, 0.2) is 6.04 Å². The highest BCUT2D eigenvalue weighted by Gasteiger charge is 2.16. The second-order valence-corrected chi connectivity index (χ2v) is 4.12. The summed E-state index contributed by atoms with van der Waals surface area (Å²) in [5.41, 5.74) is 1.13. The summed E-state index contributed by atoms with van der Waals surface area (Å²) < 4.78 is 5.51. The first-order valence-corrected chi connectivity index (χ1v) is 5.88. The van der Waals surface area contributed by atoms with Gasteiger partial charge >= 0.3 is 5.97 Å². The van der Waals surface area contributed by atoms with E-state index in [1.165, 1.54) is 0 Å². The normalized spacial score (nSPS) is 11.8. The summed E-state index contributed by atoms with van der Waals surface area (Å²) in [6, 6.07) is 6.58. The second-order valence-electron chi connectivity index (χ2n) is 4.12. The predicted molar refractivity (Wildman–Crippen MR) is 67.7 cm³/mol. The fraction of sp³-hybridized carbons (Fsp3) is 0.462. The lowest BCUT2D eigenvalue weighted by Gasteiger charge is -2.07. The summed E-state index contributed by atoms with van der Waals surface area (Å²) in [5, 5.41) is 11.2. The Labute approximate surface area is 106 Å². The third-order valence-electron chi connectivity index (χ3n) is 2.54. The second kappa shape index (κ2) is 7.42. The number of unbranched alkanes of at least 4 members (excludes halogenated alkanes) is 1. The van der Waals surface area contributed by atoms with Crippen molar-refractivity contribution in [3.05, 3.63) is 34.7 Å². The molecule has 0 aliphatic rings. The number of hydrogen-bond acceptors (Lipinski definition) is 4. The van der Waals surface area contributed by atoms with Crippen LogP contribution in [0.2, 0.25) is 0 Å². The molecule has 0 spiro atoms. The van der Waals surface area contributed by atoms with Crippen LogP contribution in [0.4, 0.5) is 0 Å². The van der Waals surface area contributed by atoms with Crippen LogP contribution in [0.5, 0.6) is 5.75 Å². The first kappa shape index (κ1) is 14.2. The highest BCUT2D eigenvalue weighted by Crippen LogP contribution is 2.13. The Morgan fingerprint density at radius 1 is 1.44 bits per heavy atom. The van der Waals surface area contributed by atoms with Gasteiger partial charge in [0.25, 0.3) is 0 Å². The molecule has 0 aliphatic heterocycles. The summed E-state index contributed by atoms with van der Waals surface area (Å²) >= 11 is 0. The highest BCUT2D eigenvalue weighted by atomic mass is 16.5. The van der Waals surface area contributed by atoms with E-state index in [2.05, 4.69) is 5.18 Å². The summed E-state index contributed by atoms with van der Waals surface area (Å²) in [5.74, 6) is -0.358. The Hall–Kier alpha value is -1.91. The summed E-state index contributed by atoms with van der Waals surface area (Å²) in [4.78, 5) is 20.7. The Bertz CT molecular complexity index is 406. The van der Waals surface area contributed by atoms with Crippen LogP contribution in [0.15, 0.2) is 29.4 Å². The SMILES string of the molecule is Cc1cccc(OCCCCC(N=O)C(=O)O)c1. The fourth-order valence-electron chi connectivity index (χ4n) is 1.56. The number of nitrogens with zero attached hydrogens (tertiary/aromatic N) is 1. The molecule has 5 nitrogen and oxygen atoms in total. The topological polar surface area (TPSA) is 76.0 Å². The van der Waals surface area contributed by atoms with Gasteiger partial charge in [-0.15, -0.1) is 4.91 Å². The highest BCUT2D eigenvalue weighted by molar-refractivity contribution is 5.73. The van der Waals surface area contributed by atoms with Gasteiger partial charge in [0.05, 0.1) is 6.61 Å². The molecule has 1 aromatic carbocycles. The number of ether oxygens (including phenoxy) is 1. The number of rotatable bonds is 8. The lowest BCUT2D eigenvalue weighted by molar-refractivity contribution is -0.138. The molecule has 98 valence electrons. The summed E-state index contributed by atoms with van der Waals surface area (Å²) in [6.07, 6.45) is 1.57. The molecule has 18 heavy (non-hydrogen) atoms. The average molecular weight is 251 g/mol. The molecular weight excluding hydrogens is 234 g/mol. The van der Waals surface area contributed by atoms with Crippen molar-refractivity contribution >= 4 is 5.97 Å². The number of carboxylic acids is 1. The Kier molecular flexibility index (Phi) is 5.84. The van der Waals surface area contributed by atoms with Gasteiger partial charge in [-0.25, -0.2) is 4.79 Å². The molecule has 1 atom stereocenters. The number of hydrogen-bond donors (Lipinski definition) is 1. The zero-order valence-electron chi connectivity index (χ0n) is 10.3. The van der Waals surface area contributed by atoms with Gasteiger partial charge in [-0.3, -0.25) is 0 Å². The van der Waals surface area contributed by atoms with Crippen LogP contribution >= 0.6 is 0 Å². The molecule has 0 aromatic heterocycles. The van der Waals surface area contributed by atoms with E-state index in [0.29, 0.717) is 19.4 Å². The lowest BCUT2D eigenvalue weighted by atomic mass is 10.1. The van der Waals surface area contributed by atoms with Crippen LogP contribution in [0, 0.1) is 11.8 Å². The van der Waals surface area contributed by atoms with Crippen LogP contribution in [0.3, 0.4) is 0 Å². The van der Waals surface area contributed by atoms with Crippen LogP contribution in [-0.4, -0.2) is 23.7 Å². The van der Waals surface area contributed by atoms with Gasteiger partial charge in [0.2, 0.25) is 0 Å². The molecule has 1 N–H and O–H groups in total. The third kappa shape index (κ3) is 4.95.